The van der Waals surface area contributed by atoms with Crippen LogP contribution in [0.1, 0.15) is 0 Å². The van der Waals surface area contributed by atoms with Gasteiger partial charge in [0.25, 0.3) is 0 Å². The Kier molecular flexibility index (Phi) is 138. The van der Waals surface area contributed by atoms with Crippen molar-refractivity contribution in [3.8, 4) is 0 Å². The Bertz CT molecular complexity index is 8.00. The van der Waals surface area contributed by atoms with Crippen molar-refractivity contribution in [2.45, 2.75) is 0 Å². The number of hydrogen-bond acceptors (Lipinski definition) is 0. The van der Waals surface area contributed by atoms with Crippen LogP contribution in [0.4, 0.5) is 0 Å². The Morgan fingerprint density at radius 2 is 1.00 bits per heavy atom. The summed E-state index contributed by atoms with van der Waals surface area (Å²) < 4.78 is 0. The van der Waals surface area contributed by atoms with Gasteiger partial charge in [0.1, 0.15) is 0 Å². The molecule has 4 heavy (non-hydrogen) atoms. The molecule has 4 heteroatoms. The molecule has 0 aliphatic rings. The summed E-state index contributed by atoms with van der Waals surface area (Å²) in [4.78, 5) is 0. The van der Waals surface area contributed by atoms with E-state index in [4.69, 9.17) is 0 Å². The van der Waals surface area contributed by atoms with E-state index in [1.54, 1.807) is 0 Å². The Morgan fingerprint density at radius 1 is 1.00 bits per heavy atom. The van der Waals surface area contributed by atoms with Crippen molar-refractivity contribution in [2.24, 2.45) is 0 Å². The van der Waals surface area contributed by atoms with E-state index in [1.165, 1.54) is 0 Å². The van der Waals surface area contributed by atoms with Gasteiger partial charge in [0, 0.05) is 44.7 Å². The van der Waals surface area contributed by atoms with Crippen molar-refractivity contribution < 1.29 is 44.7 Å². The number of rotatable bonds is 0. The summed E-state index contributed by atoms with van der Waals surface area (Å²) in [5, 5.41) is 0. The molecule has 0 aliphatic carbocycles. The van der Waals surface area contributed by atoms with Crippen molar-refractivity contribution in [3.63, 3.8) is 0 Å². The van der Waals surface area contributed by atoms with Crippen molar-refractivity contribution in [3.05, 3.63) is 0 Å². The molecule has 0 rings (SSSR count). The molecule has 0 radical (unpaired) electrons. The Labute approximate surface area is 78.6 Å². The Balaban J connectivity index is 0. The third kappa shape index (κ3) is 8.82. The first kappa shape index (κ1) is 31.2. The van der Waals surface area contributed by atoms with Crippen LogP contribution in [0, 0.1) is 0 Å². The fraction of sp³-hybridized carbons (Fsp3) is 0. The second-order valence-electron chi connectivity index (χ2n) is 0. The summed E-state index contributed by atoms with van der Waals surface area (Å²) in [5.41, 5.74) is 0. The molecule has 0 saturated heterocycles. The summed E-state index contributed by atoms with van der Waals surface area (Å²) in [6, 6.07) is 0. The van der Waals surface area contributed by atoms with Gasteiger partial charge >= 0.3 is 35.0 Å². The molecule has 0 aliphatic heterocycles. The van der Waals surface area contributed by atoms with Gasteiger partial charge in [-0.25, -0.2) is 0 Å². The summed E-state index contributed by atoms with van der Waals surface area (Å²) >= 11 is 0. The van der Waals surface area contributed by atoms with Crippen LogP contribution in [0.5, 0.6) is 0 Å². The third-order valence-corrected chi connectivity index (χ3v) is 0. The first-order valence-corrected chi connectivity index (χ1v) is 0. The molecule has 0 bridgehead atoms. The molecule has 0 aromatic rings. The molecular weight excluding hydrogens is 410 g/mol. The summed E-state index contributed by atoms with van der Waals surface area (Å²) in [6.07, 6.45) is 0. The van der Waals surface area contributed by atoms with E-state index < -0.39 is 0 Å². The minimum absolute atomic E-state index is 0. The van der Waals surface area contributed by atoms with Crippen molar-refractivity contribution in [1.82, 2.24) is 0 Å². The topological polar surface area (TPSA) is 0 Å². The van der Waals surface area contributed by atoms with Crippen LogP contribution in [-0.4, -0.2) is 35.0 Å². The van der Waals surface area contributed by atoms with Gasteiger partial charge in [-0.3, -0.25) is 0 Å². The van der Waals surface area contributed by atoms with E-state index in [2.05, 4.69) is 0 Å². The van der Waals surface area contributed by atoms with Crippen LogP contribution in [0.2, 0.25) is 0 Å². The van der Waals surface area contributed by atoms with E-state index in [0.717, 1.165) is 0 Å². The van der Waals surface area contributed by atoms with Gasteiger partial charge in [0.2, 0.25) is 0 Å². The second kappa shape index (κ2) is 17.7. The fourth-order valence-corrected chi connectivity index (χ4v) is 0. The minimum atomic E-state index is 0. The zero-order chi connectivity index (χ0) is 0. The van der Waals surface area contributed by atoms with E-state index >= 15 is 0 Å². The van der Waals surface area contributed by atoms with Crippen molar-refractivity contribution in [1.29, 1.82) is 0 Å². The normalized spacial score (nSPS) is 0. The average Bonchev–Trinajstić information content (AvgIpc) is 0. The van der Waals surface area contributed by atoms with Gasteiger partial charge in [0.15, 0.2) is 0 Å². The SMILES string of the molecule is [AsH3].[Fe].[Hg].[SeH2]. The average molecular weight is 415 g/mol. The molecule has 0 N–H and O–H groups in total. The van der Waals surface area contributed by atoms with Crippen LogP contribution < -0.4 is 0 Å². The molecule has 0 saturated carbocycles. The molecule has 0 nitrogen and oxygen atoms in total. The molecule has 0 aromatic heterocycles. The second-order valence-corrected chi connectivity index (χ2v) is 0. The van der Waals surface area contributed by atoms with Crippen LogP contribution in [0.25, 0.3) is 0 Å². The molecular formula is H5AsFeHgSe. The molecule has 0 fully saturated rings. The molecule has 26 valence electrons. The predicted molar refractivity (Wildman–Crippen MR) is 18.5 cm³/mol. The van der Waals surface area contributed by atoms with E-state index in [-0.39, 0.29) is 79.8 Å². The first-order chi connectivity index (χ1) is 0. The van der Waals surface area contributed by atoms with Gasteiger partial charge in [-0.2, -0.15) is 0 Å². The Morgan fingerprint density at radius 3 is 1.00 bits per heavy atom. The van der Waals surface area contributed by atoms with Gasteiger partial charge in [0.05, 0.1) is 0 Å². The Hall–Kier alpha value is 2.53. The van der Waals surface area contributed by atoms with Crippen LogP contribution >= 0.6 is 0 Å². The summed E-state index contributed by atoms with van der Waals surface area (Å²) in [6.45, 7) is 0. The maximum atomic E-state index is 0. The van der Waals surface area contributed by atoms with Gasteiger partial charge in [-0.15, -0.1) is 0 Å². The zero-order valence-electron chi connectivity index (χ0n) is 2.27. The van der Waals surface area contributed by atoms with Gasteiger partial charge in [-0.1, -0.05) is 0 Å². The van der Waals surface area contributed by atoms with Crippen molar-refractivity contribution in [2.75, 3.05) is 0 Å². The maximum absolute atomic E-state index is 0. The summed E-state index contributed by atoms with van der Waals surface area (Å²) in [5.74, 6) is 0. The fourth-order valence-electron chi connectivity index (χ4n) is 0. The van der Waals surface area contributed by atoms with Gasteiger partial charge < -0.3 is 0 Å². The van der Waals surface area contributed by atoms with E-state index in [0.29, 0.717) is 0 Å². The summed E-state index contributed by atoms with van der Waals surface area (Å²) in [7, 11) is 0. The number of hydrogen-bond donors (Lipinski definition) is 0. The van der Waals surface area contributed by atoms with E-state index in [1.807, 2.05) is 0 Å². The molecule has 1 atom stereocenters. The third-order valence-electron chi connectivity index (χ3n) is 0. The zero-order valence-corrected chi connectivity index (χ0v) is 13.9. The monoisotopic (exact) mass is 418 g/mol. The van der Waals surface area contributed by atoms with Gasteiger partial charge in [-0.05, 0) is 0 Å². The standard InChI is InChI=1S/AsH3.Fe.Hg.H2Se/h1H3;;;1H2. The first-order valence-electron chi connectivity index (χ1n) is 0. The quantitative estimate of drug-likeness (QED) is 0.398. The van der Waals surface area contributed by atoms with Crippen LogP contribution in [-0.2, 0) is 44.7 Å². The van der Waals surface area contributed by atoms with E-state index in [9.17, 15) is 0 Å². The predicted octanol–water partition coefficient (Wildman–Crippen LogP) is -2.11. The molecule has 1 unspecified atom stereocenters. The molecule has 0 amide bonds. The molecule has 0 heterocycles. The van der Waals surface area contributed by atoms with Crippen molar-refractivity contribution >= 4 is 35.0 Å². The molecule has 0 aromatic carbocycles. The van der Waals surface area contributed by atoms with Crippen LogP contribution in [0.15, 0.2) is 0 Å². The molecule has 0 spiro atoms. The van der Waals surface area contributed by atoms with Crippen LogP contribution in [0.3, 0.4) is 0 Å².